The number of carbonyl (C=O) groups excluding carboxylic acids is 1. The average molecular weight is 394 g/mol. The van der Waals surface area contributed by atoms with Crippen molar-refractivity contribution in [3.63, 3.8) is 0 Å². The Kier molecular flexibility index (Phi) is 4.52. The van der Waals surface area contributed by atoms with Gasteiger partial charge in [-0.2, -0.15) is 0 Å². The summed E-state index contributed by atoms with van der Waals surface area (Å²) in [6.45, 7) is 1.94. The van der Waals surface area contributed by atoms with Crippen LogP contribution in [-0.2, 0) is 6.42 Å². The summed E-state index contributed by atoms with van der Waals surface area (Å²) >= 11 is 9.10. The van der Waals surface area contributed by atoms with Crippen LogP contribution in [0.15, 0.2) is 18.2 Å². The zero-order valence-corrected chi connectivity index (χ0v) is 13.1. The van der Waals surface area contributed by atoms with Crippen LogP contribution in [-0.4, -0.2) is 15.5 Å². The van der Waals surface area contributed by atoms with E-state index < -0.39 is 0 Å². The highest BCUT2D eigenvalue weighted by Crippen LogP contribution is 2.23. The van der Waals surface area contributed by atoms with E-state index in [9.17, 15) is 4.79 Å². The first-order valence-electron chi connectivity index (χ1n) is 5.19. The van der Waals surface area contributed by atoms with Gasteiger partial charge in [-0.3, -0.25) is 4.79 Å². The first-order valence-corrected chi connectivity index (χ1v) is 7.42. The third kappa shape index (κ3) is 2.99. The van der Waals surface area contributed by atoms with Crippen molar-refractivity contribution in [3.8, 4) is 0 Å². The number of aryl methyl sites for hydroxylation is 1. The Morgan fingerprint density at radius 2 is 2.33 bits per heavy atom. The van der Waals surface area contributed by atoms with Crippen LogP contribution in [0.5, 0.6) is 0 Å². The topological polar surface area (TPSA) is 54.9 Å². The molecule has 0 atom stereocenters. The van der Waals surface area contributed by atoms with Gasteiger partial charge >= 0.3 is 0 Å². The fourth-order valence-electron chi connectivity index (χ4n) is 1.38. The van der Waals surface area contributed by atoms with Crippen molar-refractivity contribution in [1.29, 1.82) is 0 Å². The second kappa shape index (κ2) is 5.94. The lowest BCUT2D eigenvalue weighted by Gasteiger charge is -2.06. The van der Waals surface area contributed by atoms with E-state index >= 15 is 0 Å². The van der Waals surface area contributed by atoms with Gasteiger partial charge in [0.25, 0.3) is 5.91 Å². The smallest absolute Gasteiger partial charge is 0.269 e. The number of hydrogen-bond donors (Lipinski definition) is 1. The Morgan fingerprint density at radius 3 is 3.00 bits per heavy atom. The van der Waals surface area contributed by atoms with E-state index in [4.69, 9.17) is 11.6 Å². The molecule has 0 saturated carbocycles. The monoisotopic (exact) mass is 393 g/mol. The second-order valence-electron chi connectivity index (χ2n) is 3.48. The lowest BCUT2D eigenvalue weighted by Crippen LogP contribution is -2.13. The number of aromatic nitrogens is 2. The molecule has 0 bridgehead atoms. The van der Waals surface area contributed by atoms with E-state index in [0.717, 1.165) is 26.5 Å². The third-order valence-corrected chi connectivity index (χ3v) is 4.17. The molecular formula is C11H9ClIN3OS. The van der Waals surface area contributed by atoms with Gasteiger partial charge < -0.3 is 5.32 Å². The van der Waals surface area contributed by atoms with E-state index in [1.54, 1.807) is 18.2 Å². The number of benzene rings is 1. The molecule has 1 aromatic heterocycles. The summed E-state index contributed by atoms with van der Waals surface area (Å²) in [4.78, 5) is 12.6. The van der Waals surface area contributed by atoms with Gasteiger partial charge in [0.2, 0.25) is 0 Å². The molecule has 0 aliphatic heterocycles. The fourth-order valence-corrected chi connectivity index (χ4v) is 3.03. The Morgan fingerprint density at radius 1 is 1.56 bits per heavy atom. The average Bonchev–Trinajstić information content (AvgIpc) is 2.81. The third-order valence-electron chi connectivity index (χ3n) is 2.28. The minimum atomic E-state index is -0.179. The highest BCUT2D eigenvalue weighted by Gasteiger charge is 2.15. The molecule has 0 radical (unpaired) electrons. The molecule has 2 rings (SSSR count). The second-order valence-corrected chi connectivity index (χ2v) is 5.83. The normalized spacial score (nSPS) is 10.4. The number of amides is 1. The summed E-state index contributed by atoms with van der Waals surface area (Å²) in [5.41, 5.74) is 1.46. The van der Waals surface area contributed by atoms with E-state index in [1.807, 2.05) is 6.92 Å². The molecule has 18 heavy (non-hydrogen) atoms. The van der Waals surface area contributed by atoms with Crippen LogP contribution < -0.4 is 5.32 Å². The molecule has 94 valence electrons. The zero-order chi connectivity index (χ0) is 13.1. The van der Waals surface area contributed by atoms with Crippen molar-refractivity contribution in [2.24, 2.45) is 0 Å². The number of nitrogens with one attached hydrogen (secondary N) is 1. The van der Waals surface area contributed by atoms with Gasteiger partial charge in [-0.05, 0) is 58.7 Å². The van der Waals surface area contributed by atoms with Crippen molar-refractivity contribution < 1.29 is 4.79 Å². The van der Waals surface area contributed by atoms with Gasteiger partial charge in [0.05, 0.1) is 11.4 Å². The number of halogens is 2. The highest BCUT2D eigenvalue weighted by molar-refractivity contribution is 14.1. The Bertz CT molecular complexity index is 587. The maximum absolute atomic E-state index is 12.1. The quantitative estimate of drug-likeness (QED) is 0.811. The van der Waals surface area contributed by atoms with Crippen molar-refractivity contribution >= 4 is 57.3 Å². The molecular weight excluding hydrogens is 385 g/mol. The van der Waals surface area contributed by atoms with Crippen LogP contribution in [0.25, 0.3) is 0 Å². The predicted molar refractivity (Wildman–Crippen MR) is 81.4 cm³/mol. The minimum Gasteiger partial charge on any atom is -0.320 e. The van der Waals surface area contributed by atoms with E-state index in [-0.39, 0.29) is 5.91 Å². The predicted octanol–water partition coefficient (Wildman–Crippen LogP) is 3.61. The fraction of sp³-hybridized carbons (Fsp3) is 0.182. The van der Waals surface area contributed by atoms with Gasteiger partial charge in [0, 0.05) is 8.59 Å². The molecule has 0 aliphatic carbocycles. The SMILES string of the molecule is CCc1nnsc1C(=O)Nc1ccc(Cl)cc1I. The van der Waals surface area contributed by atoms with Crippen LogP contribution in [0.2, 0.25) is 5.02 Å². The first kappa shape index (κ1) is 13.7. The molecule has 1 aromatic carbocycles. The molecule has 0 fully saturated rings. The van der Waals surface area contributed by atoms with E-state index in [0.29, 0.717) is 16.3 Å². The first-order chi connectivity index (χ1) is 8.61. The molecule has 0 unspecified atom stereocenters. The lowest BCUT2D eigenvalue weighted by molar-refractivity contribution is 0.102. The number of anilines is 1. The van der Waals surface area contributed by atoms with Crippen molar-refractivity contribution in [3.05, 3.63) is 37.4 Å². The van der Waals surface area contributed by atoms with Gasteiger partial charge in [-0.15, -0.1) is 5.10 Å². The van der Waals surface area contributed by atoms with Crippen LogP contribution in [0.3, 0.4) is 0 Å². The highest BCUT2D eigenvalue weighted by atomic mass is 127. The maximum Gasteiger partial charge on any atom is 0.269 e. The molecule has 7 heteroatoms. The zero-order valence-electron chi connectivity index (χ0n) is 9.41. The summed E-state index contributed by atoms with van der Waals surface area (Å²) in [5.74, 6) is -0.179. The Labute approximate surface area is 127 Å². The van der Waals surface area contributed by atoms with Crippen molar-refractivity contribution in [2.75, 3.05) is 5.32 Å². The van der Waals surface area contributed by atoms with Crippen LogP contribution in [0, 0.1) is 3.57 Å². The van der Waals surface area contributed by atoms with Crippen LogP contribution in [0.1, 0.15) is 22.3 Å². The van der Waals surface area contributed by atoms with Gasteiger partial charge in [-0.25, -0.2) is 0 Å². The summed E-state index contributed by atoms with van der Waals surface area (Å²) < 4.78 is 4.69. The maximum atomic E-state index is 12.1. The van der Waals surface area contributed by atoms with Crippen LogP contribution >= 0.6 is 45.7 Å². The number of carbonyl (C=O) groups is 1. The lowest BCUT2D eigenvalue weighted by atomic mass is 10.2. The molecule has 1 amide bonds. The van der Waals surface area contributed by atoms with Gasteiger partial charge in [0.1, 0.15) is 4.88 Å². The van der Waals surface area contributed by atoms with E-state index in [1.165, 1.54) is 0 Å². The van der Waals surface area contributed by atoms with Crippen molar-refractivity contribution in [2.45, 2.75) is 13.3 Å². The molecule has 4 nitrogen and oxygen atoms in total. The molecule has 0 spiro atoms. The molecule has 2 aromatic rings. The summed E-state index contributed by atoms with van der Waals surface area (Å²) in [6, 6.07) is 5.32. The molecule has 0 saturated heterocycles. The number of hydrogen-bond acceptors (Lipinski definition) is 4. The summed E-state index contributed by atoms with van der Waals surface area (Å²) in [5, 5.41) is 7.40. The standard InChI is InChI=1S/C11H9ClIN3OS/c1-2-8-10(18-16-15-8)11(17)14-9-4-3-6(12)5-7(9)13/h3-5H,2H2,1H3,(H,14,17). The Hall–Kier alpha value is -0.730. The Balaban J connectivity index is 2.21. The molecule has 0 aliphatic rings. The molecule has 1 heterocycles. The number of nitrogens with zero attached hydrogens (tertiary/aromatic N) is 2. The van der Waals surface area contributed by atoms with E-state index in [2.05, 4.69) is 37.5 Å². The summed E-state index contributed by atoms with van der Waals surface area (Å²) in [6.07, 6.45) is 0.691. The van der Waals surface area contributed by atoms with Crippen molar-refractivity contribution in [1.82, 2.24) is 9.59 Å². The summed E-state index contributed by atoms with van der Waals surface area (Å²) in [7, 11) is 0. The van der Waals surface area contributed by atoms with Gasteiger partial charge in [0.15, 0.2) is 0 Å². The molecule has 1 N–H and O–H groups in total. The number of rotatable bonds is 3. The van der Waals surface area contributed by atoms with Gasteiger partial charge in [-0.1, -0.05) is 23.0 Å². The van der Waals surface area contributed by atoms with Crippen LogP contribution in [0.4, 0.5) is 5.69 Å². The largest absolute Gasteiger partial charge is 0.320 e. The minimum absolute atomic E-state index is 0.179.